The molecule has 3 nitrogen and oxygen atoms in total. The number of thiocarbonyl (C=S) groups is 1. The Bertz CT molecular complexity index is 279. The third kappa shape index (κ3) is 1.52. The lowest BCUT2D eigenvalue weighted by Crippen LogP contribution is -2.33. The van der Waals surface area contributed by atoms with Crippen LogP contribution in [0.3, 0.4) is 0 Å². The first-order chi connectivity index (χ1) is 6.65. The molecule has 2 aliphatic rings. The fraction of sp³-hybridized carbons (Fsp3) is 0.800. The van der Waals surface area contributed by atoms with Gasteiger partial charge in [0.15, 0.2) is 0 Å². The molecule has 1 aliphatic carbocycles. The number of carbonyl (C=O) groups excluding carboxylic acids is 1. The lowest BCUT2D eigenvalue weighted by molar-refractivity contribution is -0.145. The molecule has 1 saturated carbocycles. The highest BCUT2D eigenvalue weighted by Gasteiger charge is 2.60. The number of rotatable bonds is 2. The number of piperidine rings is 1. The fourth-order valence-corrected chi connectivity index (χ4v) is 2.84. The Morgan fingerprint density at radius 2 is 2.43 bits per heavy atom. The molecule has 0 radical (unpaired) electrons. The molecule has 0 unspecified atom stereocenters. The highest BCUT2D eigenvalue weighted by molar-refractivity contribution is 7.80. The van der Waals surface area contributed by atoms with Crippen molar-refractivity contribution in [2.24, 2.45) is 17.8 Å². The van der Waals surface area contributed by atoms with Crippen molar-refractivity contribution in [2.45, 2.75) is 26.3 Å². The van der Waals surface area contributed by atoms with Crippen molar-refractivity contribution in [1.29, 1.82) is 0 Å². The van der Waals surface area contributed by atoms with Gasteiger partial charge in [-0.2, -0.15) is 0 Å². The Hall–Kier alpha value is -0.640. The van der Waals surface area contributed by atoms with E-state index in [1.807, 2.05) is 6.92 Å². The summed E-state index contributed by atoms with van der Waals surface area (Å²) in [5.74, 6) is 0.945. The molecule has 1 aliphatic heterocycles. The molecule has 0 aromatic carbocycles. The SMILES string of the molecule is CCOC(=O)[C@@H]1[C@H]2NC(=S)C[C@H](C)[C@H]21. The number of hydrogen-bond acceptors (Lipinski definition) is 3. The summed E-state index contributed by atoms with van der Waals surface area (Å²) in [6.07, 6.45) is 0.909. The number of ether oxygens (including phenoxy) is 1. The van der Waals surface area contributed by atoms with Crippen LogP contribution in [0.2, 0.25) is 0 Å². The number of esters is 1. The monoisotopic (exact) mass is 213 g/mol. The standard InChI is InChI=1S/C10H15NO2S/c1-3-13-10(12)8-7-5(2)4-6(14)11-9(7)8/h5,7-9H,3-4H2,1-2H3,(H,11,14)/t5-,7-,8-,9-/m0/s1. The van der Waals surface area contributed by atoms with Crippen molar-refractivity contribution >= 4 is 23.2 Å². The average molecular weight is 213 g/mol. The van der Waals surface area contributed by atoms with Gasteiger partial charge >= 0.3 is 5.97 Å². The van der Waals surface area contributed by atoms with Gasteiger partial charge in [0.05, 0.1) is 17.5 Å². The summed E-state index contributed by atoms with van der Waals surface area (Å²) in [5.41, 5.74) is 0. The van der Waals surface area contributed by atoms with Crippen molar-refractivity contribution < 1.29 is 9.53 Å². The first kappa shape index (κ1) is 9.90. The molecule has 0 amide bonds. The summed E-state index contributed by atoms with van der Waals surface area (Å²) in [6, 6.07) is 0.255. The van der Waals surface area contributed by atoms with Gasteiger partial charge in [-0.1, -0.05) is 19.1 Å². The van der Waals surface area contributed by atoms with Crippen LogP contribution in [-0.4, -0.2) is 23.6 Å². The Labute approximate surface area is 89.2 Å². The molecule has 4 atom stereocenters. The molecule has 0 bridgehead atoms. The van der Waals surface area contributed by atoms with Gasteiger partial charge in [0.2, 0.25) is 0 Å². The topological polar surface area (TPSA) is 38.3 Å². The zero-order chi connectivity index (χ0) is 10.3. The summed E-state index contributed by atoms with van der Waals surface area (Å²) in [4.78, 5) is 12.4. The molecule has 1 heterocycles. The molecule has 0 aromatic heterocycles. The molecular weight excluding hydrogens is 198 g/mol. The quantitative estimate of drug-likeness (QED) is 0.551. The van der Waals surface area contributed by atoms with Crippen LogP contribution in [0, 0.1) is 17.8 Å². The van der Waals surface area contributed by atoms with Crippen LogP contribution in [0.5, 0.6) is 0 Å². The van der Waals surface area contributed by atoms with Gasteiger partial charge in [0, 0.05) is 12.5 Å². The first-order valence-electron chi connectivity index (χ1n) is 5.11. The Balaban J connectivity index is 1.99. The van der Waals surface area contributed by atoms with Gasteiger partial charge in [0.1, 0.15) is 0 Å². The van der Waals surface area contributed by atoms with E-state index < -0.39 is 0 Å². The van der Waals surface area contributed by atoms with Crippen LogP contribution < -0.4 is 5.32 Å². The van der Waals surface area contributed by atoms with Crippen LogP contribution in [-0.2, 0) is 9.53 Å². The van der Waals surface area contributed by atoms with E-state index in [4.69, 9.17) is 17.0 Å². The van der Waals surface area contributed by atoms with Crippen LogP contribution in [0.25, 0.3) is 0 Å². The third-order valence-corrected chi connectivity index (χ3v) is 3.41. The molecule has 14 heavy (non-hydrogen) atoms. The largest absolute Gasteiger partial charge is 0.466 e. The fourth-order valence-electron chi connectivity index (χ4n) is 2.44. The van der Waals surface area contributed by atoms with E-state index in [0.29, 0.717) is 18.4 Å². The van der Waals surface area contributed by atoms with E-state index in [-0.39, 0.29) is 17.9 Å². The minimum absolute atomic E-state index is 0.0467. The predicted molar refractivity (Wildman–Crippen MR) is 56.9 cm³/mol. The molecule has 2 rings (SSSR count). The van der Waals surface area contributed by atoms with Crippen molar-refractivity contribution in [2.75, 3.05) is 6.61 Å². The molecule has 0 aromatic rings. The maximum Gasteiger partial charge on any atom is 0.311 e. The van der Waals surface area contributed by atoms with E-state index in [2.05, 4.69) is 12.2 Å². The van der Waals surface area contributed by atoms with Crippen molar-refractivity contribution in [3.05, 3.63) is 0 Å². The summed E-state index contributed by atoms with van der Waals surface area (Å²) in [7, 11) is 0. The molecule has 78 valence electrons. The van der Waals surface area contributed by atoms with Crippen LogP contribution in [0.15, 0.2) is 0 Å². The second kappa shape index (κ2) is 3.50. The molecule has 2 fully saturated rings. The highest BCUT2D eigenvalue weighted by atomic mass is 32.1. The van der Waals surface area contributed by atoms with E-state index in [9.17, 15) is 4.79 Å². The number of fused-ring (bicyclic) bond motifs is 1. The normalized spacial score (nSPS) is 39.7. The second-order valence-corrected chi connectivity index (χ2v) is 4.62. The van der Waals surface area contributed by atoms with E-state index in [0.717, 1.165) is 11.4 Å². The second-order valence-electron chi connectivity index (χ2n) is 4.13. The minimum Gasteiger partial charge on any atom is -0.466 e. The summed E-state index contributed by atoms with van der Waals surface area (Å²) >= 11 is 5.13. The van der Waals surface area contributed by atoms with Gasteiger partial charge in [-0.05, 0) is 18.8 Å². The molecule has 1 saturated heterocycles. The lowest BCUT2D eigenvalue weighted by Gasteiger charge is -2.18. The molecular formula is C10H15NO2S. The maximum absolute atomic E-state index is 11.5. The molecule has 4 heteroatoms. The Morgan fingerprint density at radius 1 is 1.71 bits per heavy atom. The lowest BCUT2D eigenvalue weighted by atomic mass is 9.98. The smallest absolute Gasteiger partial charge is 0.311 e. The molecule has 1 N–H and O–H groups in total. The molecule has 0 spiro atoms. The number of carbonyl (C=O) groups is 1. The van der Waals surface area contributed by atoms with Crippen molar-refractivity contribution in [1.82, 2.24) is 5.32 Å². The van der Waals surface area contributed by atoms with E-state index in [1.54, 1.807) is 0 Å². The van der Waals surface area contributed by atoms with Crippen molar-refractivity contribution in [3.63, 3.8) is 0 Å². The van der Waals surface area contributed by atoms with Gasteiger partial charge in [-0.15, -0.1) is 0 Å². The van der Waals surface area contributed by atoms with Crippen LogP contribution >= 0.6 is 12.2 Å². The zero-order valence-corrected chi connectivity index (χ0v) is 9.26. The number of nitrogens with one attached hydrogen (secondary N) is 1. The zero-order valence-electron chi connectivity index (χ0n) is 8.45. The van der Waals surface area contributed by atoms with Gasteiger partial charge < -0.3 is 10.1 Å². The van der Waals surface area contributed by atoms with Gasteiger partial charge in [-0.25, -0.2) is 0 Å². The summed E-state index contributed by atoms with van der Waals surface area (Å²) in [6.45, 7) is 4.46. The first-order valence-corrected chi connectivity index (χ1v) is 5.52. The summed E-state index contributed by atoms with van der Waals surface area (Å²) in [5, 5.41) is 3.20. The number of hydrogen-bond donors (Lipinski definition) is 1. The van der Waals surface area contributed by atoms with Crippen molar-refractivity contribution in [3.8, 4) is 0 Å². The van der Waals surface area contributed by atoms with E-state index >= 15 is 0 Å². The predicted octanol–water partition coefficient (Wildman–Crippen LogP) is 1.12. The van der Waals surface area contributed by atoms with E-state index in [1.165, 1.54) is 0 Å². The maximum atomic E-state index is 11.5. The average Bonchev–Trinajstić information content (AvgIpc) is 2.78. The van der Waals surface area contributed by atoms with Gasteiger partial charge in [0.25, 0.3) is 0 Å². The third-order valence-electron chi connectivity index (χ3n) is 3.13. The highest BCUT2D eigenvalue weighted by Crippen LogP contribution is 2.49. The Kier molecular flexibility index (Phi) is 2.47. The van der Waals surface area contributed by atoms with Gasteiger partial charge in [-0.3, -0.25) is 4.79 Å². The Morgan fingerprint density at radius 3 is 3.07 bits per heavy atom. The van der Waals surface area contributed by atoms with Crippen LogP contribution in [0.1, 0.15) is 20.3 Å². The van der Waals surface area contributed by atoms with Crippen LogP contribution in [0.4, 0.5) is 0 Å². The minimum atomic E-state index is -0.0634. The summed E-state index contributed by atoms with van der Waals surface area (Å²) < 4.78 is 5.02.